The highest BCUT2D eigenvalue weighted by molar-refractivity contribution is 6.02. The summed E-state index contributed by atoms with van der Waals surface area (Å²) in [5.74, 6) is -0.434. The first-order chi connectivity index (χ1) is 10.9. The quantitative estimate of drug-likeness (QED) is 0.868. The Kier molecular flexibility index (Phi) is 5.11. The van der Waals surface area contributed by atoms with Crippen LogP contribution < -0.4 is 0 Å². The van der Waals surface area contributed by atoms with Gasteiger partial charge in [-0.2, -0.15) is 0 Å². The molecule has 0 aliphatic rings. The van der Waals surface area contributed by atoms with Crippen LogP contribution in [0.2, 0.25) is 0 Å². The van der Waals surface area contributed by atoms with Gasteiger partial charge in [0.15, 0.2) is 0 Å². The van der Waals surface area contributed by atoms with Gasteiger partial charge in [0.2, 0.25) is 0 Å². The van der Waals surface area contributed by atoms with Crippen molar-refractivity contribution >= 4 is 12.0 Å². The van der Waals surface area contributed by atoms with Crippen LogP contribution in [0.1, 0.15) is 36.7 Å². The van der Waals surface area contributed by atoms with E-state index in [1.165, 1.54) is 6.20 Å². The zero-order valence-corrected chi connectivity index (χ0v) is 13.5. The third-order valence-corrected chi connectivity index (χ3v) is 2.95. The predicted octanol–water partition coefficient (Wildman–Crippen LogP) is 3.66. The SMILES string of the molecule is CC(C)(C)OC(=O)N(Cc1ccccc1)C(=O)c1cccnc1. The minimum Gasteiger partial charge on any atom is -0.443 e. The maximum atomic E-state index is 12.7. The van der Waals surface area contributed by atoms with Gasteiger partial charge in [-0.3, -0.25) is 9.78 Å². The minimum absolute atomic E-state index is 0.142. The van der Waals surface area contributed by atoms with Gasteiger partial charge in [0.1, 0.15) is 5.60 Å². The summed E-state index contributed by atoms with van der Waals surface area (Å²) in [7, 11) is 0. The standard InChI is InChI=1S/C18H20N2O3/c1-18(2,3)23-17(22)20(13-14-8-5-4-6-9-14)16(21)15-10-7-11-19-12-15/h4-12H,13H2,1-3H3. The maximum absolute atomic E-state index is 12.7. The number of hydrogen-bond donors (Lipinski definition) is 0. The number of ether oxygens (including phenoxy) is 1. The molecule has 5 heteroatoms. The van der Waals surface area contributed by atoms with E-state index in [2.05, 4.69) is 4.98 Å². The third kappa shape index (κ3) is 4.92. The lowest BCUT2D eigenvalue weighted by atomic mass is 10.2. The van der Waals surface area contributed by atoms with E-state index in [4.69, 9.17) is 4.74 Å². The molecule has 0 atom stereocenters. The molecule has 2 aromatic rings. The molecule has 0 aliphatic heterocycles. The summed E-state index contributed by atoms with van der Waals surface area (Å²) in [5, 5.41) is 0. The summed E-state index contributed by atoms with van der Waals surface area (Å²) in [6.45, 7) is 5.43. The molecule has 0 spiro atoms. The average Bonchev–Trinajstić information content (AvgIpc) is 2.52. The van der Waals surface area contributed by atoms with Crippen LogP contribution in [-0.4, -0.2) is 27.5 Å². The Labute approximate surface area is 135 Å². The first-order valence-electron chi connectivity index (χ1n) is 7.35. The van der Waals surface area contributed by atoms with Gasteiger partial charge in [-0.25, -0.2) is 9.69 Å². The Morgan fingerprint density at radius 2 is 1.78 bits per heavy atom. The van der Waals surface area contributed by atoms with Crippen molar-refractivity contribution < 1.29 is 14.3 Å². The van der Waals surface area contributed by atoms with Crippen molar-refractivity contribution in [1.29, 1.82) is 0 Å². The number of imide groups is 1. The Morgan fingerprint density at radius 3 is 2.35 bits per heavy atom. The molecule has 0 saturated carbocycles. The molecule has 0 bridgehead atoms. The van der Waals surface area contributed by atoms with Gasteiger partial charge < -0.3 is 4.74 Å². The van der Waals surface area contributed by atoms with Crippen LogP contribution >= 0.6 is 0 Å². The second-order valence-electron chi connectivity index (χ2n) is 6.10. The summed E-state index contributed by atoms with van der Waals surface area (Å²) in [5.41, 5.74) is 0.506. The topological polar surface area (TPSA) is 59.5 Å². The van der Waals surface area contributed by atoms with Crippen LogP contribution in [0.4, 0.5) is 4.79 Å². The van der Waals surface area contributed by atoms with Crippen LogP contribution in [0.5, 0.6) is 0 Å². The molecule has 0 saturated heterocycles. The number of hydrogen-bond acceptors (Lipinski definition) is 4. The molecule has 5 nitrogen and oxygen atoms in total. The highest BCUT2D eigenvalue weighted by atomic mass is 16.6. The van der Waals surface area contributed by atoms with Crippen LogP contribution in [-0.2, 0) is 11.3 Å². The molecule has 1 aromatic heterocycles. The van der Waals surface area contributed by atoms with Crippen molar-refractivity contribution in [3.05, 3.63) is 66.0 Å². The van der Waals surface area contributed by atoms with Crippen molar-refractivity contribution in [3.8, 4) is 0 Å². The smallest absolute Gasteiger partial charge is 0.417 e. The normalized spacial score (nSPS) is 10.9. The number of aromatic nitrogens is 1. The Morgan fingerprint density at radius 1 is 1.09 bits per heavy atom. The fourth-order valence-electron chi connectivity index (χ4n) is 1.95. The Bertz CT molecular complexity index is 664. The second-order valence-corrected chi connectivity index (χ2v) is 6.10. The minimum atomic E-state index is -0.679. The number of amides is 2. The number of carbonyl (C=O) groups excluding carboxylic acids is 2. The van der Waals surface area contributed by atoms with Gasteiger partial charge in [-0.15, -0.1) is 0 Å². The Balaban J connectivity index is 2.27. The summed E-state index contributed by atoms with van der Waals surface area (Å²) < 4.78 is 5.36. The molecule has 23 heavy (non-hydrogen) atoms. The lowest BCUT2D eigenvalue weighted by Gasteiger charge is -2.26. The fourth-order valence-corrected chi connectivity index (χ4v) is 1.95. The zero-order chi connectivity index (χ0) is 16.9. The van der Waals surface area contributed by atoms with Gasteiger partial charge in [0, 0.05) is 12.4 Å². The molecule has 1 aromatic carbocycles. The number of nitrogens with zero attached hydrogens (tertiary/aromatic N) is 2. The molecule has 0 N–H and O–H groups in total. The first kappa shape index (κ1) is 16.7. The first-order valence-corrected chi connectivity index (χ1v) is 7.35. The molecule has 1 heterocycles. The Hall–Kier alpha value is -2.69. The van der Waals surface area contributed by atoms with E-state index in [0.717, 1.165) is 10.5 Å². The van der Waals surface area contributed by atoms with Gasteiger partial charge in [-0.05, 0) is 38.5 Å². The highest BCUT2D eigenvalue weighted by Gasteiger charge is 2.28. The molecule has 120 valence electrons. The lowest BCUT2D eigenvalue weighted by Crippen LogP contribution is -2.40. The van der Waals surface area contributed by atoms with E-state index in [1.807, 2.05) is 30.3 Å². The number of pyridine rings is 1. The molecule has 0 unspecified atom stereocenters. The van der Waals surface area contributed by atoms with Crippen molar-refractivity contribution in [2.24, 2.45) is 0 Å². The van der Waals surface area contributed by atoms with Crippen molar-refractivity contribution in [3.63, 3.8) is 0 Å². The summed E-state index contributed by atoms with van der Waals surface area (Å²) in [6.07, 6.45) is 2.34. The molecular weight excluding hydrogens is 292 g/mol. The summed E-state index contributed by atoms with van der Waals surface area (Å²) >= 11 is 0. The van der Waals surface area contributed by atoms with Crippen molar-refractivity contribution in [1.82, 2.24) is 9.88 Å². The average molecular weight is 312 g/mol. The summed E-state index contributed by atoms with van der Waals surface area (Å²) in [6, 6.07) is 12.6. The van der Waals surface area contributed by atoms with Gasteiger partial charge in [0.05, 0.1) is 12.1 Å². The van der Waals surface area contributed by atoms with E-state index >= 15 is 0 Å². The molecule has 2 rings (SSSR count). The van der Waals surface area contributed by atoms with Crippen molar-refractivity contribution in [2.45, 2.75) is 32.9 Å². The number of carbonyl (C=O) groups is 2. The van der Waals surface area contributed by atoms with Crippen LogP contribution in [0.25, 0.3) is 0 Å². The maximum Gasteiger partial charge on any atom is 0.417 e. The number of benzene rings is 1. The summed E-state index contributed by atoms with van der Waals surface area (Å²) in [4.78, 5) is 30.1. The third-order valence-electron chi connectivity index (χ3n) is 2.95. The molecule has 0 radical (unpaired) electrons. The fraction of sp³-hybridized carbons (Fsp3) is 0.278. The molecule has 0 fully saturated rings. The van der Waals surface area contributed by atoms with Crippen molar-refractivity contribution in [2.75, 3.05) is 0 Å². The lowest BCUT2D eigenvalue weighted by molar-refractivity contribution is 0.0227. The highest BCUT2D eigenvalue weighted by Crippen LogP contribution is 2.15. The van der Waals surface area contributed by atoms with Gasteiger partial charge in [-0.1, -0.05) is 30.3 Å². The predicted molar refractivity (Wildman–Crippen MR) is 86.8 cm³/mol. The molecule has 0 aliphatic carbocycles. The molecular formula is C18H20N2O3. The van der Waals surface area contributed by atoms with Crippen LogP contribution in [0.3, 0.4) is 0 Å². The second kappa shape index (κ2) is 7.05. The van der Waals surface area contributed by atoms with Crippen LogP contribution in [0.15, 0.2) is 54.9 Å². The molecule has 2 amide bonds. The van der Waals surface area contributed by atoms with E-state index in [0.29, 0.717) is 5.56 Å². The monoisotopic (exact) mass is 312 g/mol. The van der Waals surface area contributed by atoms with Gasteiger partial charge >= 0.3 is 6.09 Å². The number of rotatable bonds is 3. The van der Waals surface area contributed by atoms with E-state index in [-0.39, 0.29) is 6.54 Å². The van der Waals surface area contributed by atoms with Gasteiger partial charge in [0.25, 0.3) is 5.91 Å². The van der Waals surface area contributed by atoms with Crippen LogP contribution in [0, 0.1) is 0 Å². The largest absolute Gasteiger partial charge is 0.443 e. The van der Waals surface area contributed by atoms with E-state index < -0.39 is 17.6 Å². The van der Waals surface area contributed by atoms with E-state index in [1.54, 1.807) is 39.1 Å². The van der Waals surface area contributed by atoms with E-state index in [9.17, 15) is 9.59 Å². The zero-order valence-electron chi connectivity index (χ0n) is 13.5.